The predicted molar refractivity (Wildman–Crippen MR) is 98.9 cm³/mol. The first-order valence-corrected chi connectivity index (χ1v) is 9.29. The van der Waals surface area contributed by atoms with E-state index in [-0.39, 0.29) is 30.3 Å². The summed E-state index contributed by atoms with van der Waals surface area (Å²) in [4.78, 5) is 14.1. The number of aliphatic hydroxyl groups is 1. The maximum atomic E-state index is 12.3. The second kappa shape index (κ2) is 10.2. The van der Waals surface area contributed by atoms with E-state index < -0.39 is 6.10 Å². The van der Waals surface area contributed by atoms with Crippen LogP contribution in [0.2, 0.25) is 0 Å². The second-order valence-electron chi connectivity index (χ2n) is 5.91. The van der Waals surface area contributed by atoms with Gasteiger partial charge in [-0.1, -0.05) is 30.3 Å². The maximum absolute atomic E-state index is 12.3. The molecule has 6 heteroatoms. The van der Waals surface area contributed by atoms with Crippen LogP contribution in [0.25, 0.3) is 0 Å². The van der Waals surface area contributed by atoms with Crippen molar-refractivity contribution >= 4 is 30.1 Å². The molecule has 0 aromatic heterocycles. The Bertz CT molecular complexity index is 467. The van der Waals surface area contributed by atoms with Crippen LogP contribution in [0.1, 0.15) is 30.9 Å². The lowest BCUT2D eigenvalue weighted by Gasteiger charge is -2.35. The van der Waals surface area contributed by atoms with Gasteiger partial charge in [0.1, 0.15) is 0 Å². The Morgan fingerprint density at radius 1 is 1.35 bits per heavy atom. The number of nitrogens with zero attached hydrogens (tertiary/aromatic N) is 1. The van der Waals surface area contributed by atoms with E-state index >= 15 is 0 Å². The molecule has 130 valence electrons. The van der Waals surface area contributed by atoms with Crippen molar-refractivity contribution < 1.29 is 9.90 Å². The fourth-order valence-corrected chi connectivity index (χ4v) is 3.45. The Hall–Kier alpha value is -0.750. The first-order valence-electron chi connectivity index (χ1n) is 7.89. The van der Waals surface area contributed by atoms with Crippen LogP contribution in [0.5, 0.6) is 0 Å². The van der Waals surface area contributed by atoms with E-state index in [0.717, 1.165) is 30.6 Å². The molecule has 1 amide bonds. The average molecular weight is 359 g/mol. The lowest BCUT2D eigenvalue weighted by atomic mass is 9.87. The number of carbonyl (C=O) groups is 1. The highest BCUT2D eigenvalue weighted by Crippen LogP contribution is 2.30. The van der Waals surface area contributed by atoms with Gasteiger partial charge in [-0.15, -0.1) is 12.4 Å². The van der Waals surface area contributed by atoms with E-state index in [1.54, 1.807) is 11.8 Å². The molecule has 3 N–H and O–H groups in total. The molecular formula is C17H27ClN2O2S. The van der Waals surface area contributed by atoms with Crippen LogP contribution < -0.4 is 5.73 Å². The molecule has 1 aromatic carbocycles. The Labute approximate surface area is 149 Å². The number of rotatable bonds is 6. The Morgan fingerprint density at radius 3 is 2.52 bits per heavy atom. The van der Waals surface area contributed by atoms with Gasteiger partial charge in [0.15, 0.2) is 0 Å². The number of carbonyl (C=O) groups excluding carboxylic acids is 1. The molecule has 0 aliphatic carbocycles. The molecule has 1 fully saturated rings. The van der Waals surface area contributed by atoms with Crippen LogP contribution in [-0.2, 0) is 4.79 Å². The standard InChI is InChI=1S/C17H26N2O2S.ClH/c1-22-12-9-15(18)17(21)19-10-7-14(8-11-19)16(20)13-5-3-2-4-6-13;/h2-6,14-16,20H,7-12,18H2,1H3;1H/t15-,16?;/m0./s1. The maximum Gasteiger partial charge on any atom is 0.239 e. The highest BCUT2D eigenvalue weighted by atomic mass is 35.5. The number of halogens is 1. The van der Waals surface area contributed by atoms with E-state index in [1.165, 1.54) is 0 Å². The Morgan fingerprint density at radius 2 is 1.96 bits per heavy atom. The van der Waals surface area contributed by atoms with Gasteiger partial charge >= 0.3 is 0 Å². The van der Waals surface area contributed by atoms with Crippen molar-refractivity contribution in [2.75, 3.05) is 25.1 Å². The van der Waals surface area contributed by atoms with E-state index in [9.17, 15) is 9.90 Å². The summed E-state index contributed by atoms with van der Waals surface area (Å²) < 4.78 is 0. The third-order valence-electron chi connectivity index (χ3n) is 4.39. The number of likely N-dealkylation sites (tertiary alicyclic amines) is 1. The molecule has 0 radical (unpaired) electrons. The lowest BCUT2D eigenvalue weighted by molar-refractivity contribution is -0.134. The van der Waals surface area contributed by atoms with Crippen molar-refractivity contribution in [3.63, 3.8) is 0 Å². The quantitative estimate of drug-likeness (QED) is 0.819. The van der Waals surface area contributed by atoms with Crippen molar-refractivity contribution in [2.45, 2.75) is 31.4 Å². The summed E-state index contributed by atoms with van der Waals surface area (Å²) in [5.74, 6) is 1.19. The molecule has 0 saturated carbocycles. The third kappa shape index (κ3) is 5.68. The summed E-state index contributed by atoms with van der Waals surface area (Å²) in [6.07, 6.45) is 3.97. The summed E-state index contributed by atoms with van der Waals surface area (Å²) in [6.45, 7) is 1.39. The van der Waals surface area contributed by atoms with Gasteiger partial charge in [0.25, 0.3) is 0 Å². The number of thioether (sulfide) groups is 1. The van der Waals surface area contributed by atoms with E-state index in [1.807, 2.05) is 41.5 Å². The minimum absolute atomic E-state index is 0. The van der Waals surface area contributed by atoms with Crippen molar-refractivity contribution in [1.82, 2.24) is 4.90 Å². The third-order valence-corrected chi connectivity index (χ3v) is 5.03. The molecule has 1 aliphatic heterocycles. The van der Waals surface area contributed by atoms with Crippen molar-refractivity contribution in [1.29, 1.82) is 0 Å². The molecule has 2 rings (SSSR count). The minimum atomic E-state index is -0.441. The molecule has 1 saturated heterocycles. The van der Waals surface area contributed by atoms with Crippen LogP contribution in [0.4, 0.5) is 0 Å². The number of benzene rings is 1. The number of nitrogens with two attached hydrogens (primary N) is 1. The zero-order valence-corrected chi connectivity index (χ0v) is 15.2. The van der Waals surface area contributed by atoms with E-state index in [2.05, 4.69) is 0 Å². The zero-order chi connectivity index (χ0) is 15.9. The Kier molecular flexibility index (Phi) is 8.99. The highest BCUT2D eigenvalue weighted by Gasteiger charge is 2.29. The molecule has 1 aliphatic rings. The van der Waals surface area contributed by atoms with Gasteiger partial charge in [0.2, 0.25) is 5.91 Å². The molecule has 2 atom stereocenters. The van der Waals surface area contributed by atoms with Gasteiger partial charge in [-0.05, 0) is 42.8 Å². The van der Waals surface area contributed by atoms with Crippen molar-refractivity contribution in [2.24, 2.45) is 11.7 Å². The topological polar surface area (TPSA) is 66.6 Å². The van der Waals surface area contributed by atoms with Gasteiger partial charge in [-0.3, -0.25) is 4.79 Å². The van der Waals surface area contributed by atoms with Gasteiger partial charge in [0, 0.05) is 13.1 Å². The average Bonchev–Trinajstić information content (AvgIpc) is 2.59. The van der Waals surface area contributed by atoms with E-state index in [4.69, 9.17) is 5.73 Å². The highest BCUT2D eigenvalue weighted by molar-refractivity contribution is 7.98. The fraction of sp³-hybridized carbons (Fsp3) is 0.588. The van der Waals surface area contributed by atoms with Crippen LogP contribution in [0.15, 0.2) is 30.3 Å². The molecule has 4 nitrogen and oxygen atoms in total. The number of piperidine rings is 1. The van der Waals surface area contributed by atoms with Crippen LogP contribution >= 0.6 is 24.2 Å². The lowest BCUT2D eigenvalue weighted by Crippen LogP contribution is -2.47. The SMILES string of the molecule is CSCC[C@H](N)C(=O)N1CCC(C(O)c2ccccc2)CC1.Cl. The normalized spacial score (nSPS) is 18.1. The van der Waals surface area contributed by atoms with Crippen LogP contribution in [-0.4, -0.2) is 47.1 Å². The summed E-state index contributed by atoms with van der Waals surface area (Å²) >= 11 is 1.71. The zero-order valence-electron chi connectivity index (χ0n) is 13.6. The largest absolute Gasteiger partial charge is 0.388 e. The number of hydrogen-bond acceptors (Lipinski definition) is 4. The first-order chi connectivity index (χ1) is 10.6. The number of aliphatic hydroxyl groups excluding tert-OH is 1. The first kappa shape index (κ1) is 20.3. The van der Waals surface area contributed by atoms with Gasteiger partial charge in [-0.2, -0.15) is 11.8 Å². The summed E-state index contributed by atoms with van der Waals surface area (Å²) in [7, 11) is 0. The Balaban J connectivity index is 0.00000264. The summed E-state index contributed by atoms with van der Waals surface area (Å²) in [6, 6.07) is 9.38. The molecule has 1 aromatic rings. The number of amides is 1. The van der Waals surface area contributed by atoms with Crippen molar-refractivity contribution in [3.05, 3.63) is 35.9 Å². The summed E-state index contributed by atoms with van der Waals surface area (Å²) in [5, 5.41) is 10.5. The molecule has 23 heavy (non-hydrogen) atoms. The second-order valence-corrected chi connectivity index (χ2v) is 6.89. The molecule has 0 spiro atoms. The molecule has 1 heterocycles. The summed E-state index contributed by atoms with van der Waals surface area (Å²) in [5.41, 5.74) is 6.93. The van der Waals surface area contributed by atoms with Crippen LogP contribution in [0, 0.1) is 5.92 Å². The van der Waals surface area contributed by atoms with Gasteiger partial charge in [-0.25, -0.2) is 0 Å². The molecule has 1 unspecified atom stereocenters. The molecular weight excluding hydrogens is 332 g/mol. The smallest absolute Gasteiger partial charge is 0.239 e. The minimum Gasteiger partial charge on any atom is -0.388 e. The fourth-order valence-electron chi connectivity index (χ4n) is 2.96. The molecule has 0 bridgehead atoms. The van der Waals surface area contributed by atoms with Crippen molar-refractivity contribution in [3.8, 4) is 0 Å². The predicted octanol–water partition coefficient (Wildman–Crippen LogP) is 2.46. The number of hydrogen-bond donors (Lipinski definition) is 2. The van der Waals surface area contributed by atoms with Crippen LogP contribution in [0.3, 0.4) is 0 Å². The van der Waals surface area contributed by atoms with Gasteiger partial charge in [0.05, 0.1) is 12.1 Å². The monoisotopic (exact) mass is 358 g/mol. The van der Waals surface area contributed by atoms with Gasteiger partial charge < -0.3 is 15.7 Å². The van der Waals surface area contributed by atoms with E-state index in [0.29, 0.717) is 13.1 Å².